The Kier molecular flexibility index (Phi) is 2.65. The van der Waals surface area contributed by atoms with Gasteiger partial charge in [-0.2, -0.15) is 0 Å². The summed E-state index contributed by atoms with van der Waals surface area (Å²) in [5.41, 5.74) is 0.0966. The van der Waals surface area contributed by atoms with Crippen molar-refractivity contribution in [2.24, 2.45) is 0 Å². The monoisotopic (exact) mass is 184 g/mol. The zero-order valence-electron chi connectivity index (χ0n) is 7.23. The normalized spacial score (nSPS) is 9.77. The van der Waals surface area contributed by atoms with E-state index in [9.17, 15) is 13.6 Å². The minimum absolute atomic E-state index is 0.0129. The maximum atomic E-state index is 12.8. The molecular formula is C8H7BF2O2. The van der Waals surface area contributed by atoms with Crippen LogP contribution in [0.2, 0.25) is 0 Å². The molecule has 0 spiro atoms. The molecule has 1 aromatic rings. The Balaban J connectivity index is 3.20. The molecule has 0 saturated carbocycles. The van der Waals surface area contributed by atoms with Crippen molar-refractivity contribution in [3.05, 3.63) is 29.3 Å². The van der Waals surface area contributed by atoms with E-state index in [1.54, 1.807) is 0 Å². The van der Waals surface area contributed by atoms with E-state index in [1.807, 2.05) is 0 Å². The second-order valence-corrected chi connectivity index (χ2v) is 2.58. The Labute approximate surface area is 74.9 Å². The molecule has 0 saturated heterocycles. The molecule has 0 fully saturated rings. The van der Waals surface area contributed by atoms with Crippen LogP contribution in [0.1, 0.15) is 10.4 Å². The van der Waals surface area contributed by atoms with Gasteiger partial charge in [-0.15, -0.1) is 0 Å². The summed E-state index contributed by atoms with van der Waals surface area (Å²) >= 11 is 0. The average Bonchev–Trinajstić information content (AvgIpc) is 2.12. The molecule has 0 radical (unpaired) electrons. The highest BCUT2D eigenvalue weighted by Crippen LogP contribution is 2.06. The molecule has 0 heterocycles. The number of benzene rings is 1. The maximum Gasteiger partial charge on any atom is 0.337 e. The van der Waals surface area contributed by atoms with Crippen LogP contribution in [0.15, 0.2) is 12.1 Å². The van der Waals surface area contributed by atoms with Crippen molar-refractivity contribution in [3.63, 3.8) is 0 Å². The molecule has 0 unspecified atom stereocenters. The van der Waals surface area contributed by atoms with Crippen LogP contribution in [0, 0.1) is 11.6 Å². The summed E-state index contributed by atoms with van der Waals surface area (Å²) < 4.78 is 29.9. The van der Waals surface area contributed by atoms with E-state index in [0.717, 1.165) is 6.07 Å². The number of hydrogen-bond donors (Lipinski definition) is 0. The fourth-order valence-corrected chi connectivity index (χ4v) is 0.962. The molecule has 0 bridgehead atoms. The zero-order chi connectivity index (χ0) is 10.0. The number of halogens is 2. The Morgan fingerprint density at radius 1 is 1.46 bits per heavy atom. The fraction of sp³-hybridized carbons (Fsp3) is 0.125. The van der Waals surface area contributed by atoms with Crippen LogP contribution in [0.3, 0.4) is 0 Å². The molecule has 0 aromatic heterocycles. The number of ether oxygens (including phenoxy) is 1. The first-order valence-corrected chi connectivity index (χ1v) is 3.60. The smallest absolute Gasteiger partial charge is 0.337 e. The van der Waals surface area contributed by atoms with Gasteiger partial charge in [0.05, 0.1) is 12.7 Å². The van der Waals surface area contributed by atoms with Crippen molar-refractivity contribution in [2.45, 2.75) is 0 Å². The number of hydrogen-bond acceptors (Lipinski definition) is 2. The van der Waals surface area contributed by atoms with E-state index < -0.39 is 17.6 Å². The third kappa shape index (κ3) is 1.85. The SMILES string of the molecule is Bc1cc(C(=O)OC)cc(F)c1F. The number of carbonyl (C=O) groups excluding carboxylic acids is 1. The molecule has 2 nitrogen and oxygen atoms in total. The van der Waals surface area contributed by atoms with Gasteiger partial charge in [0, 0.05) is 0 Å². The second-order valence-electron chi connectivity index (χ2n) is 2.58. The topological polar surface area (TPSA) is 26.3 Å². The van der Waals surface area contributed by atoms with Gasteiger partial charge in [0.2, 0.25) is 0 Å². The molecule has 0 aliphatic heterocycles. The van der Waals surface area contributed by atoms with Gasteiger partial charge in [0.1, 0.15) is 7.85 Å². The largest absolute Gasteiger partial charge is 0.465 e. The summed E-state index contributed by atoms with van der Waals surface area (Å²) in [6.07, 6.45) is 0. The van der Waals surface area contributed by atoms with E-state index in [4.69, 9.17) is 0 Å². The number of esters is 1. The molecule has 0 atom stereocenters. The molecule has 0 aliphatic rings. The molecule has 0 aliphatic carbocycles. The summed E-state index contributed by atoms with van der Waals surface area (Å²) in [6.45, 7) is 0. The van der Waals surface area contributed by atoms with Crippen molar-refractivity contribution < 1.29 is 18.3 Å². The third-order valence-corrected chi connectivity index (χ3v) is 1.63. The zero-order valence-corrected chi connectivity index (χ0v) is 7.23. The van der Waals surface area contributed by atoms with Gasteiger partial charge >= 0.3 is 5.97 Å². The molecule has 1 rings (SSSR count). The summed E-state index contributed by atoms with van der Waals surface area (Å²) in [5, 5.41) is 0. The molecule has 1 aromatic carbocycles. The first kappa shape index (κ1) is 9.70. The Bertz CT molecular complexity index is 329. The highest BCUT2D eigenvalue weighted by atomic mass is 19.2. The van der Waals surface area contributed by atoms with E-state index in [-0.39, 0.29) is 11.0 Å². The second kappa shape index (κ2) is 3.55. The molecule has 68 valence electrons. The lowest BCUT2D eigenvalue weighted by Crippen LogP contribution is -2.15. The first-order chi connectivity index (χ1) is 6.06. The van der Waals surface area contributed by atoms with Gasteiger partial charge in [-0.1, -0.05) is 11.5 Å². The van der Waals surface area contributed by atoms with E-state index in [0.29, 0.717) is 0 Å². The standard InChI is InChI=1S/C8H7BF2O2/c1-13-8(12)4-2-5(9)7(11)6(10)3-4/h2-3H,9H2,1H3. The van der Waals surface area contributed by atoms with Gasteiger partial charge in [0.15, 0.2) is 11.6 Å². The van der Waals surface area contributed by atoms with Gasteiger partial charge in [-0.05, 0) is 6.07 Å². The van der Waals surface area contributed by atoms with Gasteiger partial charge in [0.25, 0.3) is 0 Å². The van der Waals surface area contributed by atoms with E-state index in [2.05, 4.69) is 4.74 Å². The van der Waals surface area contributed by atoms with Crippen LogP contribution in [-0.4, -0.2) is 20.9 Å². The summed E-state index contributed by atoms with van der Waals surface area (Å²) in [7, 11) is 2.56. The number of methoxy groups -OCH3 is 1. The molecular weight excluding hydrogens is 177 g/mol. The molecule has 5 heteroatoms. The molecule has 13 heavy (non-hydrogen) atoms. The Morgan fingerprint density at radius 3 is 2.54 bits per heavy atom. The lowest BCUT2D eigenvalue weighted by atomic mass is 9.93. The van der Waals surface area contributed by atoms with Crippen LogP contribution >= 0.6 is 0 Å². The van der Waals surface area contributed by atoms with Crippen LogP contribution in [0.25, 0.3) is 0 Å². The highest BCUT2D eigenvalue weighted by molar-refractivity contribution is 6.32. The summed E-state index contributed by atoms with van der Waals surface area (Å²) in [4.78, 5) is 10.9. The van der Waals surface area contributed by atoms with Crippen molar-refractivity contribution in [1.82, 2.24) is 0 Å². The van der Waals surface area contributed by atoms with Crippen LogP contribution in [-0.2, 0) is 4.74 Å². The predicted molar refractivity (Wildman–Crippen MR) is 45.9 cm³/mol. The maximum absolute atomic E-state index is 12.8. The van der Waals surface area contributed by atoms with Crippen LogP contribution in [0.4, 0.5) is 8.78 Å². The van der Waals surface area contributed by atoms with Gasteiger partial charge < -0.3 is 4.74 Å². The van der Waals surface area contributed by atoms with Gasteiger partial charge in [-0.25, -0.2) is 13.6 Å². The van der Waals surface area contributed by atoms with E-state index in [1.165, 1.54) is 21.0 Å². The van der Waals surface area contributed by atoms with Crippen LogP contribution in [0.5, 0.6) is 0 Å². The predicted octanol–water partition coefficient (Wildman–Crippen LogP) is 0.00980. The lowest BCUT2D eigenvalue weighted by Gasteiger charge is -2.02. The van der Waals surface area contributed by atoms with E-state index >= 15 is 0 Å². The van der Waals surface area contributed by atoms with Crippen molar-refractivity contribution in [3.8, 4) is 0 Å². The highest BCUT2D eigenvalue weighted by Gasteiger charge is 2.12. The van der Waals surface area contributed by atoms with Gasteiger partial charge in [-0.3, -0.25) is 0 Å². The number of carbonyl (C=O) groups is 1. The Hall–Kier alpha value is -1.39. The van der Waals surface area contributed by atoms with Crippen LogP contribution < -0.4 is 5.46 Å². The summed E-state index contributed by atoms with van der Waals surface area (Å²) in [6, 6.07) is 2.05. The molecule has 0 amide bonds. The minimum atomic E-state index is -1.04. The molecule has 0 N–H and O–H groups in total. The number of rotatable bonds is 1. The Morgan fingerprint density at radius 2 is 2.08 bits per heavy atom. The first-order valence-electron chi connectivity index (χ1n) is 3.60. The van der Waals surface area contributed by atoms with Crippen molar-refractivity contribution >= 4 is 19.3 Å². The average molecular weight is 184 g/mol. The third-order valence-electron chi connectivity index (χ3n) is 1.63. The summed E-state index contributed by atoms with van der Waals surface area (Å²) in [5.74, 6) is -2.66. The van der Waals surface area contributed by atoms with Crippen molar-refractivity contribution in [1.29, 1.82) is 0 Å². The van der Waals surface area contributed by atoms with Crippen molar-refractivity contribution in [2.75, 3.05) is 7.11 Å². The quantitative estimate of drug-likeness (QED) is 0.453. The minimum Gasteiger partial charge on any atom is -0.465 e. The fourth-order valence-electron chi connectivity index (χ4n) is 0.962. The lowest BCUT2D eigenvalue weighted by molar-refractivity contribution is 0.0600.